The fourth-order valence-electron chi connectivity index (χ4n) is 2.40. The quantitative estimate of drug-likeness (QED) is 0.419. The molecule has 2 aromatic rings. The number of terminal acetylenes is 1. The van der Waals surface area contributed by atoms with Crippen molar-refractivity contribution < 1.29 is 9.47 Å². The minimum atomic E-state index is 0.179. The van der Waals surface area contributed by atoms with Crippen LogP contribution in [0.3, 0.4) is 0 Å². The van der Waals surface area contributed by atoms with E-state index < -0.39 is 0 Å². The molecule has 1 aromatic heterocycles. The summed E-state index contributed by atoms with van der Waals surface area (Å²) in [5, 5.41) is 7.50. The third-order valence-electron chi connectivity index (χ3n) is 3.88. The average molecular weight is 409 g/mol. The van der Waals surface area contributed by atoms with E-state index >= 15 is 0 Å². The molecular weight excluding hydrogens is 387 g/mol. The molecule has 6 nitrogen and oxygen atoms in total. The zero-order valence-electron chi connectivity index (χ0n) is 15.5. The molecule has 0 aliphatic rings. The van der Waals surface area contributed by atoms with Crippen molar-refractivity contribution >= 4 is 29.2 Å². The Kier molecular flexibility index (Phi) is 7.71. The van der Waals surface area contributed by atoms with E-state index in [1.165, 1.54) is 0 Å². The summed E-state index contributed by atoms with van der Waals surface area (Å²) in [5.74, 6) is 4.33. The topological polar surface area (TPSA) is 59.8 Å². The van der Waals surface area contributed by atoms with Crippen molar-refractivity contribution in [1.82, 2.24) is 15.2 Å². The Morgan fingerprint density at radius 2 is 1.96 bits per heavy atom. The lowest BCUT2D eigenvalue weighted by Gasteiger charge is -2.14. The van der Waals surface area contributed by atoms with E-state index in [2.05, 4.69) is 21.5 Å². The van der Waals surface area contributed by atoms with Crippen LogP contribution in [0, 0.1) is 12.3 Å². The molecule has 0 aliphatic carbocycles. The third-order valence-corrected chi connectivity index (χ3v) is 4.72. The van der Waals surface area contributed by atoms with Crippen molar-refractivity contribution in [1.29, 1.82) is 0 Å². The normalized spacial score (nSPS) is 11.0. The Hall–Kier alpha value is -2.49. The molecule has 2 rings (SSSR count). The molecule has 2 N–H and O–H groups in total. The van der Waals surface area contributed by atoms with Gasteiger partial charge in [0.15, 0.2) is 17.5 Å². The molecule has 0 fully saturated rings. The van der Waals surface area contributed by atoms with Gasteiger partial charge in [-0.15, -0.1) is 6.42 Å². The van der Waals surface area contributed by atoms with Gasteiger partial charge in [0.1, 0.15) is 11.8 Å². The molecule has 0 saturated heterocycles. The van der Waals surface area contributed by atoms with Gasteiger partial charge < -0.3 is 24.7 Å². The molecule has 1 aromatic carbocycles. The zero-order chi connectivity index (χ0) is 19.8. The van der Waals surface area contributed by atoms with Crippen LogP contribution < -0.4 is 20.1 Å². The van der Waals surface area contributed by atoms with Crippen LogP contribution in [0.5, 0.6) is 11.5 Å². The van der Waals surface area contributed by atoms with E-state index in [1.54, 1.807) is 14.2 Å². The van der Waals surface area contributed by atoms with Gasteiger partial charge in [0.05, 0.1) is 18.7 Å². The molecule has 27 heavy (non-hydrogen) atoms. The van der Waals surface area contributed by atoms with Crippen LogP contribution in [0.4, 0.5) is 0 Å². The maximum absolute atomic E-state index is 6.09. The first kappa shape index (κ1) is 20.8. The number of hydrogen-bond acceptors (Lipinski definition) is 3. The van der Waals surface area contributed by atoms with Gasteiger partial charge in [-0.05, 0) is 23.8 Å². The Morgan fingerprint density at radius 1 is 1.22 bits per heavy atom. The summed E-state index contributed by atoms with van der Waals surface area (Å²) in [6.07, 6.45) is 5.25. The SMILES string of the molecule is C#CCOc1cc(CNC(=NC)NCc2cc(Cl)c(Cl)n2C)ccc1OC. The van der Waals surface area contributed by atoms with E-state index in [0.29, 0.717) is 40.7 Å². The van der Waals surface area contributed by atoms with Crippen LogP contribution in [0.15, 0.2) is 29.3 Å². The van der Waals surface area contributed by atoms with E-state index in [1.807, 2.05) is 35.9 Å². The zero-order valence-corrected chi connectivity index (χ0v) is 17.0. The predicted octanol–water partition coefficient (Wildman–Crippen LogP) is 3.22. The lowest BCUT2D eigenvalue weighted by Crippen LogP contribution is -2.36. The van der Waals surface area contributed by atoms with Gasteiger partial charge in [-0.25, -0.2) is 0 Å². The number of halogens is 2. The highest BCUT2D eigenvalue weighted by Gasteiger charge is 2.10. The smallest absolute Gasteiger partial charge is 0.191 e. The number of ether oxygens (including phenoxy) is 2. The maximum Gasteiger partial charge on any atom is 0.191 e. The van der Waals surface area contributed by atoms with Crippen LogP contribution in [0.25, 0.3) is 0 Å². The molecule has 144 valence electrons. The van der Waals surface area contributed by atoms with Gasteiger partial charge in [-0.2, -0.15) is 0 Å². The molecule has 1 heterocycles. The molecule has 8 heteroatoms. The average Bonchev–Trinajstić information content (AvgIpc) is 2.93. The van der Waals surface area contributed by atoms with E-state index in [4.69, 9.17) is 39.1 Å². The monoisotopic (exact) mass is 408 g/mol. The number of rotatable bonds is 7. The number of aromatic nitrogens is 1. The van der Waals surface area contributed by atoms with Gasteiger partial charge in [0.25, 0.3) is 0 Å². The summed E-state index contributed by atoms with van der Waals surface area (Å²) in [4.78, 5) is 4.22. The molecule has 0 spiro atoms. The molecule has 0 atom stereocenters. The fraction of sp³-hybridized carbons (Fsp3) is 0.316. The fourth-order valence-corrected chi connectivity index (χ4v) is 2.82. The highest BCUT2D eigenvalue weighted by Crippen LogP contribution is 2.28. The van der Waals surface area contributed by atoms with Crippen molar-refractivity contribution in [3.05, 3.63) is 45.7 Å². The van der Waals surface area contributed by atoms with Crippen LogP contribution >= 0.6 is 23.2 Å². The second kappa shape index (κ2) is 10.0. The van der Waals surface area contributed by atoms with E-state index in [9.17, 15) is 0 Å². The van der Waals surface area contributed by atoms with Crippen LogP contribution in [0.1, 0.15) is 11.3 Å². The second-order valence-corrected chi connectivity index (χ2v) is 6.36. The van der Waals surface area contributed by atoms with Crippen LogP contribution in [-0.4, -0.2) is 31.3 Å². The van der Waals surface area contributed by atoms with Gasteiger partial charge in [0, 0.05) is 26.3 Å². The van der Waals surface area contributed by atoms with Crippen molar-refractivity contribution in [3.8, 4) is 23.8 Å². The lowest BCUT2D eigenvalue weighted by atomic mass is 10.2. The van der Waals surface area contributed by atoms with Gasteiger partial charge in [-0.3, -0.25) is 4.99 Å². The van der Waals surface area contributed by atoms with Crippen molar-refractivity contribution in [3.63, 3.8) is 0 Å². The van der Waals surface area contributed by atoms with Crippen LogP contribution in [0.2, 0.25) is 10.2 Å². The van der Waals surface area contributed by atoms with Gasteiger partial charge >= 0.3 is 0 Å². The standard InChI is InChI=1S/C19H22Cl2N4O2/c1-5-8-27-17-9-13(6-7-16(17)26-4)11-23-19(22-2)24-12-14-10-15(20)18(21)25(14)3/h1,6-7,9-10H,8,11-12H2,2-4H3,(H2,22,23,24). The minimum absolute atomic E-state index is 0.179. The van der Waals surface area contributed by atoms with E-state index in [-0.39, 0.29) is 6.61 Å². The van der Waals surface area contributed by atoms with E-state index in [0.717, 1.165) is 11.3 Å². The summed E-state index contributed by atoms with van der Waals surface area (Å²) >= 11 is 12.1. The summed E-state index contributed by atoms with van der Waals surface area (Å²) in [7, 11) is 5.15. The Bertz CT molecular complexity index is 856. The summed E-state index contributed by atoms with van der Waals surface area (Å²) in [6.45, 7) is 1.25. The first-order chi connectivity index (χ1) is 13.0. The van der Waals surface area contributed by atoms with Crippen molar-refractivity contribution in [2.24, 2.45) is 12.0 Å². The van der Waals surface area contributed by atoms with Crippen LogP contribution in [-0.2, 0) is 20.1 Å². The number of hydrogen-bond donors (Lipinski definition) is 2. The number of nitrogens with one attached hydrogen (secondary N) is 2. The number of benzene rings is 1. The predicted molar refractivity (Wildman–Crippen MR) is 110 cm³/mol. The lowest BCUT2D eigenvalue weighted by molar-refractivity contribution is 0.330. The number of nitrogens with zero attached hydrogens (tertiary/aromatic N) is 2. The Balaban J connectivity index is 1.97. The minimum Gasteiger partial charge on any atom is -0.493 e. The molecule has 0 saturated carbocycles. The number of guanidine groups is 1. The van der Waals surface area contributed by atoms with Gasteiger partial charge in [0.2, 0.25) is 0 Å². The summed E-state index contributed by atoms with van der Waals surface area (Å²) in [5.41, 5.74) is 1.94. The third kappa shape index (κ3) is 5.49. The molecule has 0 radical (unpaired) electrons. The molecule has 0 amide bonds. The van der Waals surface area contributed by atoms with Crippen molar-refractivity contribution in [2.45, 2.75) is 13.1 Å². The summed E-state index contributed by atoms with van der Waals surface area (Å²) < 4.78 is 12.6. The van der Waals surface area contributed by atoms with Crippen molar-refractivity contribution in [2.75, 3.05) is 20.8 Å². The molecule has 0 unspecified atom stereocenters. The number of methoxy groups -OCH3 is 1. The Morgan fingerprint density at radius 3 is 2.56 bits per heavy atom. The molecule has 0 bridgehead atoms. The second-order valence-electron chi connectivity index (χ2n) is 5.59. The first-order valence-corrected chi connectivity index (χ1v) is 8.93. The van der Waals surface area contributed by atoms with Gasteiger partial charge in [-0.1, -0.05) is 35.2 Å². The Labute approximate surface area is 169 Å². The summed E-state index contributed by atoms with van der Waals surface area (Å²) in [6, 6.07) is 7.49. The first-order valence-electron chi connectivity index (χ1n) is 8.17. The highest BCUT2D eigenvalue weighted by molar-refractivity contribution is 6.41. The maximum atomic E-state index is 6.09. The molecule has 0 aliphatic heterocycles. The molecular formula is C19H22Cl2N4O2. The number of aliphatic imine (C=N–C) groups is 1. The highest BCUT2D eigenvalue weighted by atomic mass is 35.5. The largest absolute Gasteiger partial charge is 0.493 e.